The Bertz CT molecular complexity index is 724. The zero-order chi connectivity index (χ0) is 20.5. The zero-order valence-corrected chi connectivity index (χ0v) is 18.3. The van der Waals surface area contributed by atoms with E-state index in [1.165, 1.54) is 26.7 Å². The molecule has 28 heavy (non-hydrogen) atoms. The van der Waals surface area contributed by atoms with Gasteiger partial charge >= 0.3 is 11.9 Å². The molecule has 156 valence electrons. The van der Waals surface area contributed by atoms with E-state index in [0.717, 1.165) is 25.7 Å². The molecule has 0 aromatic heterocycles. The molecular formula is C24H36O4. The van der Waals surface area contributed by atoms with E-state index < -0.39 is 0 Å². The standard InChI is InChI=1S/C24H36O4/c1-15(25)27-19-8-9-21(3,4)17-7-10-24-12-11-22(5,14-24)20(28-16(2)26)13-18(24)23(17,19)6/h11-12,17-20H,7-10,13-14H2,1-6H3/t17-,18+,19+,20-,22-,23-,24+/m1/s1. The fraction of sp³-hybridized carbons (Fsp3) is 0.833. The van der Waals surface area contributed by atoms with Gasteiger partial charge in [-0.3, -0.25) is 9.59 Å². The van der Waals surface area contributed by atoms with E-state index in [0.29, 0.717) is 11.8 Å². The highest BCUT2D eigenvalue weighted by atomic mass is 16.5. The van der Waals surface area contributed by atoms with E-state index >= 15 is 0 Å². The predicted molar refractivity (Wildman–Crippen MR) is 107 cm³/mol. The van der Waals surface area contributed by atoms with Crippen molar-refractivity contribution in [1.29, 1.82) is 0 Å². The smallest absolute Gasteiger partial charge is 0.302 e. The number of hydrogen-bond acceptors (Lipinski definition) is 4. The van der Waals surface area contributed by atoms with Gasteiger partial charge in [-0.15, -0.1) is 0 Å². The van der Waals surface area contributed by atoms with Crippen molar-refractivity contribution in [1.82, 2.24) is 0 Å². The molecule has 0 amide bonds. The van der Waals surface area contributed by atoms with E-state index in [2.05, 4.69) is 39.8 Å². The summed E-state index contributed by atoms with van der Waals surface area (Å²) >= 11 is 0. The quantitative estimate of drug-likeness (QED) is 0.490. The Labute approximate surface area is 169 Å². The molecule has 4 nitrogen and oxygen atoms in total. The van der Waals surface area contributed by atoms with Crippen LogP contribution < -0.4 is 0 Å². The van der Waals surface area contributed by atoms with Crippen molar-refractivity contribution in [2.75, 3.05) is 0 Å². The van der Waals surface area contributed by atoms with E-state index in [1.54, 1.807) is 0 Å². The molecule has 0 N–H and O–H groups in total. The van der Waals surface area contributed by atoms with Crippen molar-refractivity contribution in [2.45, 2.75) is 92.3 Å². The van der Waals surface area contributed by atoms with Crippen LogP contribution in [0.15, 0.2) is 12.2 Å². The van der Waals surface area contributed by atoms with Crippen molar-refractivity contribution in [3.8, 4) is 0 Å². The van der Waals surface area contributed by atoms with Gasteiger partial charge in [-0.2, -0.15) is 0 Å². The van der Waals surface area contributed by atoms with E-state index in [9.17, 15) is 9.59 Å². The van der Waals surface area contributed by atoms with Crippen LogP contribution in [0.4, 0.5) is 0 Å². The SMILES string of the molecule is CC(=O)O[C@H]1CCC(C)(C)[C@H]2CC[C@]34C=C[C@](C)(C3)[C@H](OC(C)=O)C[C@H]4[C@]12C. The summed E-state index contributed by atoms with van der Waals surface area (Å²) in [6.45, 7) is 12.4. The van der Waals surface area contributed by atoms with Crippen molar-refractivity contribution in [2.24, 2.45) is 33.5 Å². The maximum absolute atomic E-state index is 12.0. The maximum Gasteiger partial charge on any atom is 0.302 e. The molecule has 1 spiro atoms. The van der Waals surface area contributed by atoms with Crippen molar-refractivity contribution >= 4 is 11.9 Å². The van der Waals surface area contributed by atoms with Crippen molar-refractivity contribution < 1.29 is 19.1 Å². The van der Waals surface area contributed by atoms with Crippen LogP contribution in [0.25, 0.3) is 0 Å². The average molecular weight is 389 g/mol. The third-order valence-electron chi connectivity index (χ3n) is 9.09. The van der Waals surface area contributed by atoms with Crippen LogP contribution in [0, 0.1) is 33.5 Å². The highest BCUT2D eigenvalue weighted by molar-refractivity contribution is 5.66. The summed E-state index contributed by atoms with van der Waals surface area (Å²) < 4.78 is 11.8. The summed E-state index contributed by atoms with van der Waals surface area (Å²) in [4.78, 5) is 23.8. The first-order valence-corrected chi connectivity index (χ1v) is 11.0. The maximum atomic E-state index is 12.0. The highest BCUT2D eigenvalue weighted by Gasteiger charge is 2.68. The highest BCUT2D eigenvalue weighted by Crippen LogP contribution is 2.72. The number of fused-ring (bicyclic) bond motifs is 3. The topological polar surface area (TPSA) is 52.6 Å². The third-order valence-corrected chi connectivity index (χ3v) is 9.09. The molecule has 0 unspecified atom stereocenters. The molecule has 0 heterocycles. The van der Waals surface area contributed by atoms with Crippen LogP contribution in [0.1, 0.15) is 80.1 Å². The summed E-state index contributed by atoms with van der Waals surface area (Å²) in [7, 11) is 0. The molecule has 4 heteroatoms. The molecule has 0 saturated heterocycles. The number of hydrogen-bond donors (Lipinski definition) is 0. The molecule has 0 aromatic carbocycles. The second-order valence-corrected chi connectivity index (χ2v) is 11.2. The molecule has 4 rings (SSSR count). The Kier molecular flexibility index (Phi) is 4.34. The lowest BCUT2D eigenvalue weighted by Gasteiger charge is -2.66. The minimum absolute atomic E-state index is 0.0541. The van der Waals surface area contributed by atoms with Gasteiger partial charge in [0.05, 0.1) is 0 Å². The molecule has 0 aromatic rings. The number of esters is 2. The Morgan fingerprint density at radius 1 is 0.857 bits per heavy atom. The zero-order valence-electron chi connectivity index (χ0n) is 18.3. The van der Waals surface area contributed by atoms with Crippen LogP contribution in [-0.4, -0.2) is 24.1 Å². The number of carbonyl (C=O) groups is 2. The first kappa shape index (κ1) is 20.0. The average Bonchev–Trinajstić information content (AvgIpc) is 2.85. The predicted octanol–water partition coefficient (Wildman–Crippen LogP) is 5.06. The van der Waals surface area contributed by atoms with E-state index in [1.807, 2.05) is 0 Å². The second-order valence-electron chi connectivity index (χ2n) is 11.2. The van der Waals surface area contributed by atoms with Crippen LogP contribution >= 0.6 is 0 Å². The molecule has 7 atom stereocenters. The van der Waals surface area contributed by atoms with Gasteiger partial charge in [-0.05, 0) is 61.2 Å². The van der Waals surface area contributed by atoms with Gasteiger partial charge in [0.25, 0.3) is 0 Å². The van der Waals surface area contributed by atoms with E-state index in [-0.39, 0.29) is 45.8 Å². The van der Waals surface area contributed by atoms with Gasteiger partial charge < -0.3 is 9.47 Å². The monoisotopic (exact) mass is 388 g/mol. The minimum atomic E-state index is -0.197. The fourth-order valence-electron chi connectivity index (χ4n) is 7.99. The molecule has 4 aliphatic rings. The van der Waals surface area contributed by atoms with Crippen LogP contribution in [0.2, 0.25) is 0 Å². The number of rotatable bonds is 2. The van der Waals surface area contributed by atoms with E-state index in [4.69, 9.17) is 9.47 Å². The Hall–Kier alpha value is -1.32. The Morgan fingerprint density at radius 2 is 1.50 bits per heavy atom. The molecule has 4 aliphatic carbocycles. The molecule has 3 fully saturated rings. The molecular weight excluding hydrogens is 352 g/mol. The number of carbonyl (C=O) groups excluding carboxylic acids is 2. The van der Waals surface area contributed by atoms with Gasteiger partial charge in [0.1, 0.15) is 12.2 Å². The largest absolute Gasteiger partial charge is 0.462 e. The van der Waals surface area contributed by atoms with Crippen LogP contribution in [0.3, 0.4) is 0 Å². The minimum Gasteiger partial charge on any atom is -0.462 e. The fourth-order valence-corrected chi connectivity index (χ4v) is 7.99. The van der Waals surface area contributed by atoms with Gasteiger partial charge in [0.2, 0.25) is 0 Å². The Balaban J connectivity index is 1.78. The van der Waals surface area contributed by atoms with Gasteiger partial charge in [-0.1, -0.05) is 39.8 Å². The second kappa shape index (κ2) is 6.09. The molecule has 0 aliphatic heterocycles. The molecule has 3 saturated carbocycles. The normalized spacial score (nSPS) is 48.4. The van der Waals surface area contributed by atoms with Gasteiger partial charge in [0.15, 0.2) is 0 Å². The third kappa shape index (κ3) is 2.69. The summed E-state index contributed by atoms with van der Waals surface area (Å²) in [5.74, 6) is 0.490. The summed E-state index contributed by atoms with van der Waals surface area (Å²) in [5.41, 5.74) is 0.196. The number of allylic oxidation sites excluding steroid dienone is 1. The first-order valence-electron chi connectivity index (χ1n) is 11.0. The summed E-state index contributed by atoms with van der Waals surface area (Å²) in [6.07, 6.45) is 10.9. The van der Waals surface area contributed by atoms with Gasteiger partial charge in [-0.25, -0.2) is 0 Å². The Morgan fingerprint density at radius 3 is 2.14 bits per heavy atom. The van der Waals surface area contributed by atoms with Crippen LogP contribution in [-0.2, 0) is 19.1 Å². The summed E-state index contributed by atoms with van der Waals surface area (Å²) in [6, 6.07) is 0. The summed E-state index contributed by atoms with van der Waals surface area (Å²) in [5, 5.41) is 0. The van der Waals surface area contributed by atoms with Gasteiger partial charge in [0, 0.05) is 24.7 Å². The lowest BCUT2D eigenvalue weighted by Crippen LogP contribution is -2.64. The lowest BCUT2D eigenvalue weighted by atomic mass is 9.39. The first-order chi connectivity index (χ1) is 12.9. The molecule has 0 radical (unpaired) electrons. The van der Waals surface area contributed by atoms with Crippen molar-refractivity contribution in [3.05, 3.63) is 12.2 Å². The lowest BCUT2D eigenvalue weighted by molar-refractivity contribution is -0.224. The van der Waals surface area contributed by atoms with Crippen LogP contribution in [0.5, 0.6) is 0 Å². The van der Waals surface area contributed by atoms with Crippen molar-refractivity contribution in [3.63, 3.8) is 0 Å². The number of ether oxygens (including phenoxy) is 2. The molecule has 2 bridgehead atoms.